The lowest BCUT2D eigenvalue weighted by Gasteiger charge is -2.33. The van der Waals surface area contributed by atoms with E-state index in [1.807, 2.05) is 6.92 Å². The van der Waals surface area contributed by atoms with Crippen LogP contribution in [0.3, 0.4) is 0 Å². The zero-order valence-electron chi connectivity index (χ0n) is 11.5. The molecule has 9 heteroatoms. The molecule has 1 amide bonds. The molecule has 112 valence electrons. The van der Waals surface area contributed by atoms with Gasteiger partial charge in [-0.15, -0.1) is 16.7 Å². The number of alkyl halides is 1. The minimum atomic E-state index is -0.250. The first kappa shape index (κ1) is 14.3. The monoisotopic (exact) mass is 327 g/mol. The number of carbonyl (C=O) groups excluding carboxylic acids is 1. The summed E-state index contributed by atoms with van der Waals surface area (Å²) >= 11 is 6.95. The van der Waals surface area contributed by atoms with Gasteiger partial charge in [0.2, 0.25) is 16.0 Å². The van der Waals surface area contributed by atoms with Gasteiger partial charge in [0.05, 0.1) is 0 Å². The number of aryl methyl sites for hydroxylation is 1. The lowest BCUT2D eigenvalue weighted by atomic mass is 10.3. The van der Waals surface area contributed by atoms with E-state index in [2.05, 4.69) is 15.0 Å². The van der Waals surface area contributed by atoms with Crippen LogP contribution in [0.1, 0.15) is 5.69 Å². The maximum atomic E-state index is 11.5. The number of hydrogen-bond acceptors (Lipinski definition) is 6. The number of rotatable bonds is 2. The van der Waals surface area contributed by atoms with E-state index in [9.17, 15) is 9.59 Å². The average molecular weight is 328 g/mol. The van der Waals surface area contributed by atoms with Crippen LogP contribution in [0.15, 0.2) is 10.9 Å². The summed E-state index contributed by atoms with van der Waals surface area (Å²) in [4.78, 5) is 31.4. The molecule has 0 unspecified atom stereocenters. The fourth-order valence-corrected chi connectivity index (χ4v) is 3.47. The molecule has 3 rings (SSSR count). The molecule has 0 saturated carbocycles. The molecule has 0 radical (unpaired) electrons. The van der Waals surface area contributed by atoms with Gasteiger partial charge in [-0.3, -0.25) is 9.59 Å². The molecule has 0 atom stereocenters. The topological polar surface area (TPSA) is 70.8 Å². The Balaban J connectivity index is 1.81. The molecule has 7 nitrogen and oxygen atoms in total. The molecule has 0 spiro atoms. The van der Waals surface area contributed by atoms with Crippen molar-refractivity contribution in [2.75, 3.05) is 37.0 Å². The van der Waals surface area contributed by atoms with Crippen LogP contribution in [0.2, 0.25) is 0 Å². The van der Waals surface area contributed by atoms with Gasteiger partial charge in [0.25, 0.3) is 5.56 Å². The van der Waals surface area contributed by atoms with Gasteiger partial charge >= 0.3 is 0 Å². The lowest BCUT2D eigenvalue weighted by molar-refractivity contribution is -0.128. The third kappa shape index (κ3) is 2.73. The average Bonchev–Trinajstić information content (AvgIpc) is 2.91. The van der Waals surface area contributed by atoms with Crippen LogP contribution >= 0.6 is 22.9 Å². The molecule has 1 saturated heterocycles. The van der Waals surface area contributed by atoms with Crippen molar-refractivity contribution in [2.45, 2.75) is 6.92 Å². The van der Waals surface area contributed by atoms with Crippen LogP contribution in [0.4, 0.5) is 5.13 Å². The van der Waals surface area contributed by atoms with Gasteiger partial charge in [-0.2, -0.15) is 4.98 Å². The minimum absolute atomic E-state index is 0.0202. The van der Waals surface area contributed by atoms with Crippen molar-refractivity contribution in [1.82, 2.24) is 19.5 Å². The van der Waals surface area contributed by atoms with E-state index >= 15 is 0 Å². The number of fused-ring (bicyclic) bond motifs is 1. The third-order valence-corrected chi connectivity index (χ3v) is 4.64. The Labute approximate surface area is 129 Å². The number of halogens is 1. The fourth-order valence-electron chi connectivity index (χ4n) is 2.30. The number of piperazine rings is 1. The number of aromatic nitrogens is 3. The van der Waals surface area contributed by atoms with E-state index in [4.69, 9.17) is 11.6 Å². The predicted molar refractivity (Wildman–Crippen MR) is 81.4 cm³/mol. The van der Waals surface area contributed by atoms with Crippen LogP contribution in [0, 0.1) is 6.92 Å². The highest BCUT2D eigenvalue weighted by Gasteiger charge is 2.23. The molecule has 1 aliphatic rings. The van der Waals surface area contributed by atoms with Crippen LogP contribution in [0.5, 0.6) is 0 Å². The molecule has 3 heterocycles. The van der Waals surface area contributed by atoms with E-state index in [1.165, 1.54) is 17.4 Å². The first-order chi connectivity index (χ1) is 10.1. The highest BCUT2D eigenvalue weighted by atomic mass is 35.5. The summed E-state index contributed by atoms with van der Waals surface area (Å²) in [5.74, 6) is -0.0182. The molecule has 0 N–H and O–H groups in total. The fraction of sp³-hybridized carbons (Fsp3) is 0.500. The van der Waals surface area contributed by atoms with Crippen LogP contribution in [0.25, 0.3) is 4.96 Å². The summed E-state index contributed by atoms with van der Waals surface area (Å²) in [5.41, 5.74) is 0.517. The summed E-state index contributed by atoms with van der Waals surface area (Å²) in [7, 11) is 0. The van der Waals surface area contributed by atoms with E-state index in [1.54, 1.807) is 9.42 Å². The Morgan fingerprint density at radius 2 is 2.10 bits per heavy atom. The molecule has 2 aromatic rings. The second kappa shape index (κ2) is 5.61. The Morgan fingerprint density at radius 3 is 2.76 bits per heavy atom. The zero-order valence-corrected chi connectivity index (χ0v) is 13.0. The number of nitrogens with zero attached hydrogens (tertiary/aromatic N) is 5. The molecule has 2 aromatic heterocycles. The number of amides is 1. The molecule has 0 aliphatic carbocycles. The predicted octanol–water partition coefficient (Wildman–Crippen LogP) is 0.347. The molecule has 0 bridgehead atoms. The van der Waals surface area contributed by atoms with Gasteiger partial charge in [0, 0.05) is 37.9 Å². The highest BCUT2D eigenvalue weighted by Crippen LogP contribution is 2.23. The van der Waals surface area contributed by atoms with Crippen molar-refractivity contribution in [1.29, 1.82) is 0 Å². The van der Waals surface area contributed by atoms with Gasteiger partial charge in [-0.1, -0.05) is 11.3 Å². The SMILES string of the molecule is Cc1cc(=O)nc2sc(N3CCN(C(=O)CCl)CC3)nn12. The van der Waals surface area contributed by atoms with Crippen molar-refractivity contribution in [3.8, 4) is 0 Å². The molecule has 1 fully saturated rings. The van der Waals surface area contributed by atoms with Crippen molar-refractivity contribution < 1.29 is 4.79 Å². The Hall–Kier alpha value is -1.67. The van der Waals surface area contributed by atoms with Gasteiger partial charge in [0.15, 0.2) is 0 Å². The summed E-state index contributed by atoms with van der Waals surface area (Å²) in [5, 5.41) is 5.31. The van der Waals surface area contributed by atoms with E-state index < -0.39 is 0 Å². The molecular weight excluding hydrogens is 314 g/mol. The van der Waals surface area contributed by atoms with Crippen LogP contribution < -0.4 is 10.5 Å². The van der Waals surface area contributed by atoms with E-state index in [0.717, 1.165) is 10.8 Å². The third-order valence-electron chi connectivity index (χ3n) is 3.44. The molecule has 21 heavy (non-hydrogen) atoms. The molecular formula is C12H14ClN5O2S. The standard InChI is InChI=1S/C12H14ClN5O2S/c1-8-6-9(19)14-11-18(8)15-12(21-11)17-4-2-16(3-5-17)10(20)7-13/h6H,2-5,7H2,1H3. The summed E-state index contributed by atoms with van der Waals surface area (Å²) in [6.45, 7) is 4.49. The number of carbonyl (C=O) groups is 1. The van der Waals surface area contributed by atoms with Gasteiger partial charge in [0.1, 0.15) is 5.88 Å². The van der Waals surface area contributed by atoms with Crippen molar-refractivity contribution in [3.63, 3.8) is 0 Å². The number of hydrogen-bond donors (Lipinski definition) is 0. The summed E-state index contributed by atoms with van der Waals surface area (Å²) in [6.07, 6.45) is 0. The van der Waals surface area contributed by atoms with E-state index in [0.29, 0.717) is 31.1 Å². The van der Waals surface area contributed by atoms with Gasteiger partial charge in [-0.25, -0.2) is 4.52 Å². The van der Waals surface area contributed by atoms with Crippen molar-refractivity contribution >= 4 is 38.9 Å². The summed E-state index contributed by atoms with van der Waals surface area (Å²) < 4.78 is 1.68. The van der Waals surface area contributed by atoms with Gasteiger partial charge in [-0.05, 0) is 6.92 Å². The highest BCUT2D eigenvalue weighted by molar-refractivity contribution is 7.20. The second-order valence-corrected chi connectivity index (χ2v) is 6.02. The Morgan fingerprint density at radius 1 is 1.38 bits per heavy atom. The first-order valence-corrected chi connectivity index (χ1v) is 7.90. The van der Waals surface area contributed by atoms with Crippen molar-refractivity contribution in [3.05, 3.63) is 22.1 Å². The van der Waals surface area contributed by atoms with E-state index in [-0.39, 0.29) is 17.3 Å². The molecule has 0 aromatic carbocycles. The first-order valence-electron chi connectivity index (χ1n) is 6.54. The van der Waals surface area contributed by atoms with Crippen molar-refractivity contribution in [2.24, 2.45) is 0 Å². The largest absolute Gasteiger partial charge is 0.343 e. The lowest BCUT2D eigenvalue weighted by Crippen LogP contribution is -2.49. The maximum absolute atomic E-state index is 11.5. The maximum Gasteiger partial charge on any atom is 0.274 e. The smallest absolute Gasteiger partial charge is 0.274 e. The Bertz CT molecular complexity index is 735. The molecule has 1 aliphatic heterocycles. The second-order valence-electron chi connectivity index (χ2n) is 4.82. The summed E-state index contributed by atoms with van der Waals surface area (Å²) in [6, 6.07) is 1.47. The normalized spacial score (nSPS) is 15.7. The quantitative estimate of drug-likeness (QED) is 0.744. The van der Waals surface area contributed by atoms with Crippen LogP contribution in [-0.4, -0.2) is 57.5 Å². The Kier molecular flexibility index (Phi) is 3.81. The zero-order chi connectivity index (χ0) is 15.0. The number of anilines is 1. The van der Waals surface area contributed by atoms with Gasteiger partial charge < -0.3 is 9.80 Å². The van der Waals surface area contributed by atoms with Crippen LogP contribution in [-0.2, 0) is 4.79 Å². The minimum Gasteiger partial charge on any atom is -0.343 e.